The average Bonchev–Trinajstić information content (AvgIpc) is 3.11. The molecule has 0 radical (unpaired) electrons. The number of amides is 1. The summed E-state index contributed by atoms with van der Waals surface area (Å²) < 4.78 is 26.2. The summed E-state index contributed by atoms with van der Waals surface area (Å²) in [5.74, 6) is -0.908. The van der Waals surface area contributed by atoms with Crippen LogP contribution in [0.2, 0.25) is 5.02 Å². The van der Waals surface area contributed by atoms with Gasteiger partial charge in [0.1, 0.15) is 5.75 Å². The van der Waals surface area contributed by atoms with Crippen LogP contribution in [0.5, 0.6) is 0 Å². The maximum Gasteiger partial charge on any atom is 0.238 e. The molecular formula is C21H22ClN3O3S2. The van der Waals surface area contributed by atoms with Gasteiger partial charge in [-0.2, -0.15) is 0 Å². The first kappa shape index (κ1) is 21.1. The van der Waals surface area contributed by atoms with Crippen LogP contribution < -0.4 is 4.90 Å². The van der Waals surface area contributed by atoms with Gasteiger partial charge in [-0.1, -0.05) is 22.9 Å². The molecule has 0 N–H and O–H groups in total. The molecule has 2 heterocycles. The molecule has 3 aromatic rings. The Morgan fingerprint density at radius 1 is 1.07 bits per heavy atom. The number of anilines is 1. The molecule has 1 saturated heterocycles. The molecule has 1 amide bonds. The molecule has 9 heteroatoms. The molecule has 1 aliphatic rings. The fourth-order valence-electron chi connectivity index (χ4n) is 3.43. The molecule has 30 heavy (non-hydrogen) atoms. The van der Waals surface area contributed by atoms with E-state index in [1.54, 1.807) is 16.2 Å². The first-order chi connectivity index (χ1) is 14.2. The maximum absolute atomic E-state index is 12.6. The van der Waals surface area contributed by atoms with E-state index in [2.05, 4.69) is 30.9 Å². The number of nitrogens with zero attached hydrogens (tertiary/aromatic N) is 3. The van der Waals surface area contributed by atoms with Crippen molar-refractivity contribution in [2.45, 2.75) is 18.7 Å². The van der Waals surface area contributed by atoms with Crippen molar-refractivity contribution in [2.75, 3.05) is 36.8 Å². The molecule has 158 valence electrons. The first-order valence-electron chi connectivity index (χ1n) is 9.62. The summed E-state index contributed by atoms with van der Waals surface area (Å²) in [5.41, 5.74) is 3.46. The molecule has 1 aromatic heterocycles. The lowest BCUT2D eigenvalue weighted by molar-refractivity contribution is -0.128. The zero-order valence-corrected chi connectivity index (χ0v) is 19.1. The number of rotatable bonds is 4. The van der Waals surface area contributed by atoms with Gasteiger partial charge in [0.15, 0.2) is 15.0 Å². The Labute approximate surface area is 185 Å². The van der Waals surface area contributed by atoms with Gasteiger partial charge in [0.25, 0.3) is 0 Å². The topological polar surface area (TPSA) is 70.6 Å². The van der Waals surface area contributed by atoms with Gasteiger partial charge < -0.3 is 9.80 Å². The zero-order chi connectivity index (χ0) is 21.5. The van der Waals surface area contributed by atoms with Crippen molar-refractivity contribution in [2.24, 2.45) is 0 Å². The largest absolute Gasteiger partial charge is 0.345 e. The van der Waals surface area contributed by atoms with Crippen LogP contribution in [0, 0.1) is 13.8 Å². The van der Waals surface area contributed by atoms with Crippen molar-refractivity contribution >= 4 is 54.0 Å². The van der Waals surface area contributed by atoms with Gasteiger partial charge in [0, 0.05) is 31.2 Å². The minimum Gasteiger partial charge on any atom is -0.345 e. The Morgan fingerprint density at radius 2 is 1.70 bits per heavy atom. The summed E-state index contributed by atoms with van der Waals surface area (Å²) in [7, 11) is -3.69. The van der Waals surface area contributed by atoms with Crippen molar-refractivity contribution in [1.29, 1.82) is 0 Å². The van der Waals surface area contributed by atoms with Crippen molar-refractivity contribution in [1.82, 2.24) is 9.88 Å². The number of hydrogen-bond donors (Lipinski definition) is 0. The van der Waals surface area contributed by atoms with Gasteiger partial charge in [-0.3, -0.25) is 4.79 Å². The van der Waals surface area contributed by atoms with E-state index in [1.165, 1.54) is 35.4 Å². The maximum atomic E-state index is 12.6. The fraction of sp³-hybridized carbons (Fsp3) is 0.333. The third-order valence-corrected chi connectivity index (χ3v) is 8.33. The van der Waals surface area contributed by atoms with Crippen molar-refractivity contribution in [3.63, 3.8) is 0 Å². The van der Waals surface area contributed by atoms with Crippen LogP contribution in [0.25, 0.3) is 10.2 Å². The molecule has 0 bridgehead atoms. The number of aryl methyl sites for hydroxylation is 2. The second-order valence-corrected chi connectivity index (χ2v) is 10.9. The zero-order valence-electron chi connectivity index (χ0n) is 16.8. The van der Waals surface area contributed by atoms with Gasteiger partial charge >= 0.3 is 0 Å². The van der Waals surface area contributed by atoms with Crippen LogP contribution in [-0.2, 0) is 14.6 Å². The summed E-state index contributed by atoms with van der Waals surface area (Å²) in [6, 6.07) is 10.1. The fourth-order valence-corrected chi connectivity index (χ4v) is 5.88. The predicted molar refractivity (Wildman–Crippen MR) is 121 cm³/mol. The van der Waals surface area contributed by atoms with E-state index in [-0.39, 0.29) is 10.8 Å². The van der Waals surface area contributed by atoms with E-state index >= 15 is 0 Å². The predicted octanol–water partition coefficient (Wildman–Crippen LogP) is 3.69. The molecule has 0 atom stereocenters. The lowest BCUT2D eigenvalue weighted by Crippen LogP contribution is -2.50. The molecule has 4 rings (SSSR count). The number of halogens is 1. The van der Waals surface area contributed by atoms with Gasteiger partial charge in [0.2, 0.25) is 5.91 Å². The highest BCUT2D eigenvalue weighted by Gasteiger charge is 2.27. The smallest absolute Gasteiger partial charge is 0.238 e. The lowest BCUT2D eigenvalue weighted by atomic mass is 10.1. The van der Waals surface area contributed by atoms with Crippen molar-refractivity contribution in [3.8, 4) is 0 Å². The third kappa shape index (κ3) is 4.31. The number of fused-ring (bicyclic) bond motifs is 1. The van der Waals surface area contributed by atoms with Gasteiger partial charge in [-0.15, -0.1) is 0 Å². The second kappa shape index (κ2) is 8.17. The number of sulfone groups is 1. The van der Waals surface area contributed by atoms with E-state index in [0.29, 0.717) is 31.2 Å². The summed E-state index contributed by atoms with van der Waals surface area (Å²) in [6.45, 7) is 6.38. The average molecular weight is 464 g/mol. The molecule has 0 saturated carbocycles. The Hall–Kier alpha value is -2.16. The quantitative estimate of drug-likeness (QED) is 0.590. The third-order valence-electron chi connectivity index (χ3n) is 5.38. The standard InChI is InChI=1S/C21H22ClN3O3S2/c1-14-11-18-19(12-15(14)2)29-21(23-18)25-9-7-24(8-10-25)20(26)13-30(27,28)17-5-3-16(22)4-6-17/h3-6,11-12H,7-10,13H2,1-2H3. The Morgan fingerprint density at radius 3 is 2.37 bits per heavy atom. The highest BCUT2D eigenvalue weighted by molar-refractivity contribution is 7.92. The van der Waals surface area contributed by atoms with Crippen LogP contribution in [0.15, 0.2) is 41.3 Å². The monoisotopic (exact) mass is 463 g/mol. The van der Waals surface area contributed by atoms with E-state index in [4.69, 9.17) is 16.6 Å². The van der Waals surface area contributed by atoms with Crippen LogP contribution in [-0.4, -0.2) is 56.1 Å². The number of hydrogen-bond acceptors (Lipinski definition) is 6. The van der Waals surface area contributed by atoms with Crippen molar-refractivity contribution < 1.29 is 13.2 Å². The molecule has 0 unspecified atom stereocenters. The Bertz CT molecular complexity index is 1160. The number of carbonyl (C=O) groups excluding carboxylic acids is 1. The lowest BCUT2D eigenvalue weighted by Gasteiger charge is -2.34. The van der Waals surface area contributed by atoms with E-state index in [0.717, 1.165) is 15.3 Å². The minimum atomic E-state index is -3.69. The molecule has 2 aromatic carbocycles. The molecule has 1 fully saturated rings. The summed E-state index contributed by atoms with van der Waals surface area (Å²) in [4.78, 5) is 21.2. The van der Waals surface area contributed by atoms with Crippen LogP contribution >= 0.6 is 22.9 Å². The molecule has 6 nitrogen and oxygen atoms in total. The first-order valence-corrected chi connectivity index (χ1v) is 12.5. The molecule has 1 aliphatic heterocycles. The minimum absolute atomic E-state index is 0.110. The van der Waals surface area contributed by atoms with Crippen LogP contribution in [0.1, 0.15) is 11.1 Å². The number of thiazole rings is 1. The Balaban J connectivity index is 1.40. The van der Waals surface area contributed by atoms with E-state index in [1.807, 2.05) is 0 Å². The molecule has 0 aliphatic carbocycles. The summed E-state index contributed by atoms with van der Waals surface area (Å²) in [6.07, 6.45) is 0. The Kier molecular flexibility index (Phi) is 5.74. The van der Waals surface area contributed by atoms with E-state index < -0.39 is 15.6 Å². The number of benzene rings is 2. The van der Waals surface area contributed by atoms with Crippen molar-refractivity contribution in [3.05, 3.63) is 52.5 Å². The summed E-state index contributed by atoms with van der Waals surface area (Å²) in [5, 5.41) is 1.40. The van der Waals surface area contributed by atoms with Gasteiger partial charge in [0.05, 0.1) is 15.1 Å². The highest BCUT2D eigenvalue weighted by atomic mass is 35.5. The second-order valence-electron chi connectivity index (χ2n) is 7.48. The molecule has 0 spiro atoms. The molecular weight excluding hydrogens is 442 g/mol. The van der Waals surface area contributed by atoms with Gasteiger partial charge in [-0.05, 0) is 61.4 Å². The number of aromatic nitrogens is 1. The van der Waals surface area contributed by atoms with Crippen LogP contribution in [0.4, 0.5) is 5.13 Å². The SMILES string of the molecule is Cc1cc2nc(N3CCN(C(=O)CS(=O)(=O)c4ccc(Cl)cc4)CC3)sc2cc1C. The number of piperazine rings is 1. The normalized spacial score (nSPS) is 15.0. The van der Waals surface area contributed by atoms with Gasteiger partial charge in [-0.25, -0.2) is 13.4 Å². The van der Waals surface area contributed by atoms with E-state index in [9.17, 15) is 13.2 Å². The van der Waals surface area contributed by atoms with Crippen LogP contribution in [0.3, 0.4) is 0 Å². The summed E-state index contributed by atoms with van der Waals surface area (Å²) >= 11 is 7.47. The highest BCUT2D eigenvalue weighted by Crippen LogP contribution is 2.31. The number of carbonyl (C=O) groups is 1.